The smallest absolute Gasteiger partial charge is 0.226 e. The van der Waals surface area contributed by atoms with Crippen molar-refractivity contribution in [3.8, 4) is 0 Å². The number of pyridine rings is 1. The Bertz CT molecular complexity index is 569. The van der Waals surface area contributed by atoms with Gasteiger partial charge < -0.3 is 11.1 Å². The maximum Gasteiger partial charge on any atom is 0.226 e. The highest BCUT2D eigenvalue weighted by molar-refractivity contribution is 5.78. The lowest BCUT2D eigenvalue weighted by Crippen LogP contribution is -2.24. The molecule has 1 heterocycles. The summed E-state index contributed by atoms with van der Waals surface area (Å²) in [6.45, 7) is 0.297. The molecule has 0 fully saturated rings. The number of nitrogens with two attached hydrogens (primary N) is 1. The van der Waals surface area contributed by atoms with Gasteiger partial charge in [0.25, 0.3) is 0 Å². The molecule has 1 aromatic carbocycles. The van der Waals surface area contributed by atoms with E-state index in [1.165, 1.54) is 18.3 Å². The fraction of sp³-hybridized carbons (Fsp3) is 0.143. The highest BCUT2D eigenvalue weighted by Crippen LogP contribution is 2.04. The van der Waals surface area contributed by atoms with Crippen LogP contribution in [0.2, 0.25) is 0 Å². The van der Waals surface area contributed by atoms with Crippen LogP contribution in [-0.4, -0.2) is 10.9 Å². The molecule has 2 aromatic rings. The largest absolute Gasteiger partial charge is 0.397 e. The summed E-state index contributed by atoms with van der Waals surface area (Å²) in [4.78, 5) is 15.7. The highest BCUT2D eigenvalue weighted by atomic mass is 19.1. The molecule has 0 saturated heterocycles. The molecule has 0 radical (unpaired) electrons. The first-order valence-electron chi connectivity index (χ1n) is 5.85. The lowest BCUT2D eigenvalue weighted by molar-refractivity contribution is -0.120. The van der Waals surface area contributed by atoms with Crippen molar-refractivity contribution < 1.29 is 9.18 Å². The third-order valence-electron chi connectivity index (χ3n) is 2.57. The average molecular weight is 259 g/mol. The maximum absolute atomic E-state index is 12.9. The first-order valence-corrected chi connectivity index (χ1v) is 5.85. The number of halogens is 1. The van der Waals surface area contributed by atoms with Crippen molar-refractivity contribution in [2.75, 3.05) is 5.73 Å². The summed E-state index contributed by atoms with van der Waals surface area (Å²) in [5.41, 5.74) is 7.43. The van der Waals surface area contributed by atoms with Gasteiger partial charge in [0.1, 0.15) is 5.82 Å². The number of rotatable bonds is 4. The van der Waals surface area contributed by atoms with Gasteiger partial charge in [-0.2, -0.15) is 0 Å². The summed E-state index contributed by atoms with van der Waals surface area (Å²) in [5, 5.41) is 2.71. The van der Waals surface area contributed by atoms with E-state index in [4.69, 9.17) is 5.73 Å². The molecule has 1 aromatic heterocycles. The summed E-state index contributed by atoms with van der Waals surface area (Å²) in [7, 11) is 0. The number of carbonyl (C=O) groups is 1. The molecular formula is C14H14FN3O. The van der Waals surface area contributed by atoms with Crippen molar-refractivity contribution in [2.24, 2.45) is 0 Å². The molecule has 4 nitrogen and oxygen atoms in total. The zero-order chi connectivity index (χ0) is 13.7. The summed E-state index contributed by atoms with van der Waals surface area (Å²) in [5.74, 6) is -0.478. The van der Waals surface area contributed by atoms with Crippen molar-refractivity contribution >= 4 is 11.6 Å². The van der Waals surface area contributed by atoms with Crippen LogP contribution >= 0.6 is 0 Å². The van der Waals surface area contributed by atoms with E-state index in [1.54, 1.807) is 24.3 Å². The molecule has 0 atom stereocenters. The zero-order valence-corrected chi connectivity index (χ0v) is 10.3. The second-order valence-corrected chi connectivity index (χ2v) is 4.17. The number of benzene rings is 1. The first-order chi connectivity index (χ1) is 9.13. The molecule has 19 heavy (non-hydrogen) atoms. The van der Waals surface area contributed by atoms with Crippen LogP contribution in [0, 0.1) is 5.82 Å². The number of aromatic nitrogens is 1. The maximum atomic E-state index is 12.9. The van der Waals surface area contributed by atoms with Gasteiger partial charge in [-0.3, -0.25) is 9.78 Å². The minimum atomic E-state index is -0.313. The van der Waals surface area contributed by atoms with Crippen molar-refractivity contribution in [1.29, 1.82) is 0 Å². The van der Waals surface area contributed by atoms with Gasteiger partial charge in [-0.15, -0.1) is 0 Å². The zero-order valence-electron chi connectivity index (χ0n) is 10.3. The molecule has 0 spiro atoms. The second-order valence-electron chi connectivity index (χ2n) is 4.17. The van der Waals surface area contributed by atoms with Crippen LogP contribution in [0.15, 0.2) is 42.6 Å². The van der Waals surface area contributed by atoms with E-state index in [0.29, 0.717) is 17.9 Å². The molecule has 0 aliphatic rings. The topological polar surface area (TPSA) is 68.0 Å². The van der Waals surface area contributed by atoms with Crippen molar-refractivity contribution in [3.05, 3.63) is 59.7 Å². The number of anilines is 1. The Kier molecular flexibility index (Phi) is 4.07. The van der Waals surface area contributed by atoms with Crippen LogP contribution < -0.4 is 11.1 Å². The second kappa shape index (κ2) is 5.95. The SMILES string of the molecule is Nc1ccc(CC(=O)NCc2cccc(F)c2)nc1. The van der Waals surface area contributed by atoms with Crippen molar-refractivity contribution in [3.63, 3.8) is 0 Å². The predicted molar refractivity (Wildman–Crippen MR) is 70.6 cm³/mol. The minimum Gasteiger partial charge on any atom is -0.397 e. The normalized spacial score (nSPS) is 10.2. The van der Waals surface area contributed by atoms with E-state index in [9.17, 15) is 9.18 Å². The van der Waals surface area contributed by atoms with Gasteiger partial charge in [0.05, 0.1) is 18.3 Å². The van der Waals surface area contributed by atoms with Gasteiger partial charge in [-0.1, -0.05) is 12.1 Å². The van der Waals surface area contributed by atoms with Crippen LogP contribution in [0.5, 0.6) is 0 Å². The number of nitrogens with zero attached hydrogens (tertiary/aromatic N) is 1. The van der Waals surface area contributed by atoms with Gasteiger partial charge in [-0.25, -0.2) is 4.39 Å². The highest BCUT2D eigenvalue weighted by Gasteiger charge is 2.04. The molecular weight excluding hydrogens is 245 g/mol. The number of carbonyl (C=O) groups excluding carboxylic acids is 1. The van der Waals surface area contributed by atoms with Crippen molar-refractivity contribution in [1.82, 2.24) is 10.3 Å². The standard InChI is InChI=1S/C14H14FN3O/c15-11-3-1-2-10(6-11)8-18-14(19)7-13-5-4-12(16)9-17-13/h1-6,9H,7-8,16H2,(H,18,19). The lowest BCUT2D eigenvalue weighted by atomic mass is 10.2. The van der Waals surface area contributed by atoms with Crippen molar-refractivity contribution in [2.45, 2.75) is 13.0 Å². The summed E-state index contributed by atoms with van der Waals surface area (Å²) in [6.07, 6.45) is 1.69. The van der Waals surface area contributed by atoms with Crippen LogP contribution in [0.4, 0.5) is 10.1 Å². The number of hydrogen-bond acceptors (Lipinski definition) is 3. The Morgan fingerprint density at radius 1 is 1.32 bits per heavy atom. The molecule has 0 unspecified atom stereocenters. The van der Waals surface area contributed by atoms with Gasteiger partial charge in [-0.05, 0) is 29.8 Å². The van der Waals surface area contributed by atoms with Crippen LogP contribution in [0.25, 0.3) is 0 Å². The summed E-state index contributed by atoms with van der Waals surface area (Å²) in [6, 6.07) is 9.52. The predicted octanol–water partition coefficient (Wildman–Crippen LogP) is 1.66. The fourth-order valence-corrected chi connectivity index (χ4v) is 1.62. The molecule has 0 bridgehead atoms. The summed E-state index contributed by atoms with van der Waals surface area (Å²) < 4.78 is 12.9. The average Bonchev–Trinajstić information content (AvgIpc) is 2.39. The minimum absolute atomic E-state index is 0.165. The lowest BCUT2D eigenvalue weighted by Gasteiger charge is -2.05. The Morgan fingerprint density at radius 2 is 2.16 bits per heavy atom. The number of nitrogen functional groups attached to an aromatic ring is 1. The van der Waals surface area contributed by atoms with Crippen LogP contribution in [-0.2, 0) is 17.8 Å². The third kappa shape index (κ3) is 4.06. The van der Waals surface area contributed by atoms with Crippen LogP contribution in [0.3, 0.4) is 0 Å². The molecule has 5 heteroatoms. The van der Waals surface area contributed by atoms with Crippen LogP contribution in [0.1, 0.15) is 11.3 Å². The van der Waals surface area contributed by atoms with E-state index < -0.39 is 0 Å². The Balaban J connectivity index is 1.86. The molecule has 98 valence electrons. The Morgan fingerprint density at radius 3 is 2.84 bits per heavy atom. The monoisotopic (exact) mass is 259 g/mol. The number of hydrogen-bond donors (Lipinski definition) is 2. The number of nitrogens with one attached hydrogen (secondary N) is 1. The molecule has 0 aliphatic carbocycles. The van der Waals surface area contributed by atoms with E-state index in [0.717, 1.165) is 5.56 Å². The first kappa shape index (κ1) is 13.0. The van der Waals surface area contributed by atoms with E-state index >= 15 is 0 Å². The van der Waals surface area contributed by atoms with Gasteiger partial charge in [0.15, 0.2) is 0 Å². The van der Waals surface area contributed by atoms with Gasteiger partial charge in [0, 0.05) is 12.2 Å². The fourth-order valence-electron chi connectivity index (χ4n) is 1.62. The van der Waals surface area contributed by atoms with Gasteiger partial charge in [0.2, 0.25) is 5.91 Å². The Labute approximate surface area is 110 Å². The van der Waals surface area contributed by atoms with Gasteiger partial charge >= 0.3 is 0 Å². The third-order valence-corrected chi connectivity index (χ3v) is 2.57. The number of amides is 1. The van der Waals surface area contributed by atoms with E-state index in [-0.39, 0.29) is 18.1 Å². The van der Waals surface area contributed by atoms with E-state index in [1.807, 2.05) is 0 Å². The molecule has 2 rings (SSSR count). The summed E-state index contributed by atoms with van der Waals surface area (Å²) >= 11 is 0. The van der Waals surface area contributed by atoms with E-state index in [2.05, 4.69) is 10.3 Å². The molecule has 0 saturated carbocycles. The quantitative estimate of drug-likeness (QED) is 0.877. The Hall–Kier alpha value is -2.43. The molecule has 0 aliphatic heterocycles. The molecule has 1 amide bonds. The molecule has 3 N–H and O–H groups in total.